The predicted octanol–water partition coefficient (Wildman–Crippen LogP) is 3.11. The lowest BCUT2D eigenvalue weighted by Gasteiger charge is -2.22. The van der Waals surface area contributed by atoms with Crippen molar-refractivity contribution in [1.29, 1.82) is 0 Å². The third-order valence-corrected chi connectivity index (χ3v) is 3.25. The van der Waals surface area contributed by atoms with Gasteiger partial charge in [-0.25, -0.2) is 4.79 Å². The molecule has 1 aromatic rings. The highest BCUT2D eigenvalue weighted by molar-refractivity contribution is 5.81. The number of ether oxygens (including phenoxy) is 1. The first-order chi connectivity index (χ1) is 9.22. The molecule has 0 aliphatic carbocycles. The van der Waals surface area contributed by atoms with Gasteiger partial charge in [0.25, 0.3) is 0 Å². The highest BCUT2D eigenvalue weighted by atomic mass is 16.5. The number of hydrogen-bond donors (Lipinski definition) is 0. The van der Waals surface area contributed by atoms with Crippen LogP contribution in [0.25, 0.3) is 0 Å². The fraction of sp³-hybridized carbons (Fsp3) is 0.375. The summed E-state index contributed by atoms with van der Waals surface area (Å²) in [7, 11) is 1.35. The number of benzene rings is 1. The summed E-state index contributed by atoms with van der Waals surface area (Å²) in [6, 6.07) is 9.91. The zero-order chi connectivity index (χ0) is 14.1. The van der Waals surface area contributed by atoms with Crippen LogP contribution in [0.15, 0.2) is 42.5 Å². The quantitative estimate of drug-likeness (QED) is 0.430. The number of carbonyl (C=O) groups excluding carboxylic acids is 2. The van der Waals surface area contributed by atoms with Crippen molar-refractivity contribution in [1.82, 2.24) is 0 Å². The van der Waals surface area contributed by atoms with Crippen LogP contribution in [-0.2, 0) is 14.3 Å². The van der Waals surface area contributed by atoms with E-state index < -0.39 is 0 Å². The van der Waals surface area contributed by atoms with E-state index >= 15 is 0 Å². The second-order valence-corrected chi connectivity index (χ2v) is 4.37. The number of hydrogen-bond acceptors (Lipinski definition) is 3. The second kappa shape index (κ2) is 8.25. The van der Waals surface area contributed by atoms with Gasteiger partial charge in [0.15, 0.2) is 0 Å². The Morgan fingerprint density at radius 2 is 2.00 bits per heavy atom. The molecule has 102 valence electrons. The molecule has 0 fully saturated rings. The first-order valence-electron chi connectivity index (χ1n) is 6.47. The van der Waals surface area contributed by atoms with Gasteiger partial charge in [-0.2, -0.15) is 0 Å². The number of methoxy groups -OCH3 is 1. The molecule has 0 radical (unpaired) electrons. The second-order valence-electron chi connectivity index (χ2n) is 4.37. The summed E-state index contributed by atoms with van der Waals surface area (Å²) in [5, 5.41) is 0. The summed E-state index contributed by atoms with van der Waals surface area (Å²) in [4.78, 5) is 22.1. The maximum Gasteiger partial charge on any atom is 0.330 e. The number of carbonyl (C=O) groups is 2. The minimum Gasteiger partial charge on any atom is -0.466 e. The molecule has 0 N–H and O–H groups in total. The largest absolute Gasteiger partial charge is 0.466 e. The lowest BCUT2D eigenvalue weighted by molar-refractivity contribution is -0.134. The third kappa shape index (κ3) is 4.70. The molecule has 0 aromatic heterocycles. The summed E-state index contributed by atoms with van der Waals surface area (Å²) >= 11 is 0. The van der Waals surface area contributed by atoms with Crippen LogP contribution in [0.2, 0.25) is 0 Å². The molecule has 0 aliphatic heterocycles. The summed E-state index contributed by atoms with van der Waals surface area (Å²) in [6.45, 7) is 2.05. The van der Waals surface area contributed by atoms with Crippen molar-refractivity contribution in [3.05, 3.63) is 48.0 Å². The van der Waals surface area contributed by atoms with Gasteiger partial charge in [0.05, 0.1) is 7.11 Å². The molecule has 1 rings (SSSR count). The van der Waals surface area contributed by atoms with E-state index in [1.165, 1.54) is 13.2 Å². The van der Waals surface area contributed by atoms with Crippen molar-refractivity contribution in [3.8, 4) is 0 Å². The minimum atomic E-state index is -0.364. The van der Waals surface area contributed by atoms with Gasteiger partial charge in [0.1, 0.15) is 6.29 Å². The average molecular weight is 260 g/mol. The fourth-order valence-corrected chi connectivity index (χ4v) is 2.19. The van der Waals surface area contributed by atoms with Gasteiger partial charge in [0.2, 0.25) is 0 Å². The maximum atomic E-state index is 11.2. The summed E-state index contributed by atoms with van der Waals surface area (Å²) in [6.07, 6.45) is 5.53. The molecule has 1 aromatic carbocycles. The van der Waals surface area contributed by atoms with Gasteiger partial charge in [-0.15, -0.1) is 0 Å². The van der Waals surface area contributed by atoms with Gasteiger partial charge >= 0.3 is 5.97 Å². The Kier molecular flexibility index (Phi) is 6.58. The minimum absolute atomic E-state index is 0.101. The van der Waals surface area contributed by atoms with Crippen LogP contribution in [0.1, 0.15) is 31.2 Å². The van der Waals surface area contributed by atoms with Gasteiger partial charge in [-0.3, -0.25) is 0 Å². The van der Waals surface area contributed by atoms with Crippen LogP contribution >= 0.6 is 0 Å². The zero-order valence-corrected chi connectivity index (χ0v) is 11.4. The summed E-state index contributed by atoms with van der Waals surface area (Å²) in [5.74, 6) is -0.118. The molecule has 3 nitrogen and oxygen atoms in total. The normalized spacial score (nSPS) is 14.0. The van der Waals surface area contributed by atoms with E-state index in [1.54, 1.807) is 0 Å². The van der Waals surface area contributed by atoms with Gasteiger partial charge < -0.3 is 9.53 Å². The number of rotatable bonds is 7. The van der Waals surface area contributed by atoms with Crippen molar-refractivity contribution >= 4 is 12.3 Å². The molecule has 0 spiro atoms. The van der Waals surface area contributed by atoms with Crippen LogP contribution in [0.4, 0.5) is 0 Å². The SMILES string of the molecule is CC[C@H](/C=C/C(=O)OC)[C@@H](CC=O)c1ccccc1. The average Bonchev–Trinajstić information content (AvgIpc) is 2.47. The molecular weight excluding hydrogens is 240 g/mol. The Bertz CT molecular complexity index is 423. The molecule has 0 unspecified atom stereocenters. The third-order valence-electron chi connectivity index (χ3n) is 3.25. The van der Waals surface area contributed by atoms with Gasteiger partial charge in [-0.05, 0) is 23.8 Å². The fourth-order valence-electron chi connectivity index (χ4n) is 2.19. The molecule has 2 atom stereocenters. The van der Waals surface area contributed by atoms with Crippen LogP contribution in [0, 0.1) is 5.92 Å². The Balaban J connectivity index is 2.92. The predicted molar refractivity (Wildman–Crippen MR) is 74.8 cm³/mol. The van der Waals surface area contributed by atoms with Crippen molar-refractivity contribution in [3.63, 3.8) is 0 Å². The first-order valence-corrected chi connectivity index (χ1v) is 6.47. The van der Waals surface area contributed by atoms with E-state index in [0.29, 0.717) is 6.42 Å². The van der Waals surface area contributed by atoms with Crippen LogP contribution in [0.3, 0.4) is 0 Å². The molecular formula is C16H20O3. The topological polar surface area (TPSA) is 43.4 Å². The molecule has 0 bridgehead atoms. The molecule has 0 amide bonds. The number of aldehydes is 1. The molecule has 0 saturated heterocycles. The van der Waals surface area contributed by atoms with Crippen LogP contribution in [-0.4, -0.2) is 19.4 Å². The summed E-state index contributed by atoms with van der Waals surface area (Å²) in [5.41, 5.74) is 1.12. The maximum absolute atomic E-state index is 11.2. The van der Waals surface area contributed by atoms with E-state index in [-0.39, 0.29) is 17.8 Å². The monoisotopic (exact) mass is 260 g/mol. The first kappa shape index (κ1) is 15.2. The van der Waals surface area contributed by atoms with Gasteiger partial charge in [-0.1, -0.05) is 43.3 Å². The molecule has 0 aliphatic rings. The van der Waals surface area contributed by atoms with E-state index in [0.717, 1.165) is 18.3 Å². The molecule has 19 heavy (non-hydrogen) atoms. The Hall–Kier alpha value is -1.90. The van der Waals surface area contributed by atoms with Crippen LogP contribution < -0.4 is 0 Å². The molecule has 3 heteroatoms. The lowest BCUT2D eigenvalue weighted by Crippen LogP contribution is -2.12. The van der Waals surface area contributed by atoms with Crippen molar-refractivity contribution in [2.24, 2.45) is 5.92 Å². The Morgan fingerprint density at radius 3 is 2.53 bits per heavy atom. The summed E-state index contributed by atoms with van der Waals surface area (Å²) < 4.78 is 4.60. The van der Waals surface area contributed by atoms with Crippen molar-refractivity contribution in [2.45, 2.75) is 25.7 Å². The van der Waals surface area contributed by atoms with E-state index in [2.05, 4.69) is 4.74 Å². The van der Waals surface area contributed by atoms with Gasteiger partial charge in [0, 0.05) is 12.5 Å². The van der Waals surface area contributed by atoms with E-state index in [9.17, 15) is 9.59 Å². The van der Waals surface area contributed by atoms with E-state index in [1.807, 2.05) is 43.3 Å². The standard InChI is InChI=1S/C16H20O3/c1-3-13(9-10-16(18)19-2)15(11-12-17)14-7-5-4-6-8-14/h4-10,12-13,15H,3,11H2,1-2H3/b10-9+/t13-,15-/m1/s1. The Labute approximate surface area is 114 Å². The highest BCUT2D eigenvalue weighted by Gasteiger charge is 2.19. The number of allylic oxidation sites excluding steroid dienone is 1. The molecule has 0 heterocycles. The number of esters is 1. The lowest BCUT2D eigenvalue weighted by atomic mass is 9.82. The molecule has 0 saturated carbocycles. The zero-order valence-electron chi connectivity index (χ0n) is 11.4. The van der Waals surface area contributed by atoms with E-state index in [4.69, 9.17) is 0 Å². The smallest absolute Gasteiger partial charge is 0.330 e. The van der Waals surface area contributed by atoms with Crippen molar-refractivity contribution < 1.29 is 14.3 Å². The Morgan fingerprint density at radius 1 is 1.32 bits per heavy atom. The van der Waals surface area contributed by atoms with Crippen LogP contribution in [0.5, 0.6) is 0 Å². The highest BCUT2D eigenvalue weighted by Crippen LogP contribution is 2.30. The van der Waals surface area contributed by atoms with Crippen molar-refractivity contribution in [2.75, 3.05) is 7.11 Å².